The summed E-state index contributed by atoms with van der Waals surface area (Å²) >= 11 is 0. The van der Waals surface area contributed by atoms with Crippen LogP contribution in [-0.2, 0) is 9.59 Å². The van der Waals surface area contributed by atoms with Crippen LogP contribution in [0.2, 0.25) is 0 Å². The molecule has 22 heavy (non-hydrogen) atoms. The van der Waals surface area contributed by atoms with Crippen molar-refractivity contribution in [3.8, 4) is 5.75 Å². The number of benzene rings is 1. The Hall–Kier alpha value is -2.11. The van der Waals surface area contributed by atoms with Gasteiger partial charge in [0.25, 0.3) is 0 Å². The Bertz CT molecular complexity index is 604. The van der Waals surface area contributed by atoms with E-state index in [4.69, 9.17) is 4.74 Å². The molecule has 0 aliphatic heterocycles. The maximum absolute atomic E-state index is 13.7. The number of carbonyl (C=O) groups excluding carboxylic acids is 1. The van der Waals surface area contributed by atoms with E-state index in [-0.39, 0.29) is 28.6 Å². The second-order valence-electron chi connectivity index (χ2n) is 5.94. The molecule has 0 heterocycles. The maximum Gasteiger partial charge on any atom is 0.330 e. The molecule has 2 rings (SSSR count). The van der Waals surface area contributed by atoms with Gasteiger partial charge in [-0.25, -0.2) is 9.18 Å². The van der Waals surface area contributed by atoms with Crippen LogP contribution < -0.4 is 10.1 Å². The third-order valence-corrected chi connectivity index (χ3v) is 4.52. The van der Waals surface area contributed by atoms with Gasteiger partial charge in [0.15, 0.2) is 17.6 Å². The molecule has 1 fully saturated rings. The van der Waals surface area contributed by atoms with Crippen LogP contribution in [0.25, 0.3) is 0 Å². The summed E-state index contributed by atoms with van der Waals surface area (Å²) in [6.07, 6.45) is 1.61. The maximum atomic E-state index is 13.7. The van der Waals surface area contributed by atoms with Crippen LogP contribution in [0.4, 0.5) is 4.39 Å². The Balaban J connectivity index is 2.16. The number of carboxylic acids is 1. The highest BCUT2D eigenvalue weighted by atomic mass is 19.1. The number of methoxy groups -OCH3 is 1. The van der Waals surface area contributed by atoms with Crippen LogP contribution in [0.15, 0.2) is 18.2 Å². The number of carboxylic acid groups (broad SMARTS) is 1. The summed E-state index contributed by atoms with van der Waals surface area (Å²) in [5.74, 6) is -2.34. The fraction of sp³-hybridized carbons (Fsp3) is 0.500. The summed E-state index contributed by atoms with van der Waals surface area (Å²) in [7, 11) is 1.33. The first-order chi connectivity index (χ1) is 10.3. The van der Waals surface area contributed by atoms with Gasteiger partial charge in [-0.1, -0.05) is 19.9 Å². The van der Waals surface area contributed by atoms with Gasteiger partial charge < -0.3 is 15.2 Å². The third kappa shape index (κ3) is 3.05. The van der Waals surface area contributed by atoms with Gasteiger partial charge in [-0.15, -0.1) is 0 Å². The number of carbonyl (C=O) groups is 2. The number of halogens is 1. The molecular formula is C16H20FNO4. The van der Waals surface area contributed by atoms with E-state index < -0.39 is 17.8 Å². The van der Waals surface area contributed by atoms with Gasteiger partial charge in [-0.3, -0.25) is 4.79 Å². The lowest BCUT2D eigenvalue weighted by Crippen LogP contribution is -2.35. The Morgan fingerprint density at radius 3 is 2.68 bits per heavy atom. The molecule has 0 bridgehead atoms. The summed E-state index contributed by atoms with van der Waals surface area (Å²) in [4.78, 5) is 23.6. The van der Waals surface area contributed by atoms with E-state index in [1.807, 2.05) is 13.8 Å². The summed E-state index contributed by atoms with van der Waals surface area (Å²) in [5.41, 5.74) is 0.121. The molecule has 2 N–H and O–H groups in total. The standard InChI is InChI=1S/C16H20FNO4/c1-4-16(2)8-10(16)14(19)18-13(15(20)21)9-5-6-12(22-3)11(17)7-9/h5-7,10,13H,4,8H2,1-3H3,(H,18,19)(H,20,21). The molecule has 0 spiro atoms. The molecule has 1 amide bonds. The number of aliphatic carboxylic acids is 1. The summed E-state index contributed by atoms with van der Waals surface area (Å²) in [6.45, 7) is 4.00. The van der Waals surface area contributed by atoms with E-state index in [2.05, 4.69) is 5.32 Å². The van der Waals surface area contributed by atoms with Crippen molar-refractivity contribution >= 4 is 11.9 Å². The van der Waals surface area contributed by atoms with E-state index in [9.17, 15) is 19.1 Å². The summed E-state index contributed by atoms with van der Waals surface area (Å²) < 4.78 is 18.5. The average Bonchev–Trinajstić information content (AvgIpc) is 3.17. The average molecular weight is 309 g/mol. The van der Waals surface area contributed by atoms with E-state index in [1.165, 1.54) is 19.2 Å². The highest BCUT2D eigenvalue weighted by Crippen LogP contribution is 2.54. The van der Waals surface area contributed by atoms with E-state index in [0.29, 0.717) is 0 Å². The zero-order valence-electron chi connectivity index (χ0n) is 12.9. The van der Waals surface area contributed by atoms with Gasteiger partial charge in [0, 0.05) is 5.92 Å². The van der Waals surface area contributed by atoms with Crippen molar-refractivity contribution in [3.63, 3.8) is 0 Å². The molecule has 3 atom stereocenters. The van der Waals surface area contributed by atoms with Crippen molar-refractivity contribution in [3.05, 3.63) is 29.6 Å². The molecule has 3 unspecified atom stereocenters. The molecule has 1 aliphatic rings. The predicted octanol–water partition coefficient (Wildman–Crippen LogP) is 2.51. The first kappa shape index (κ1) is 16.3. The van der Waals surface area contributed by atoms with Crippen molar-refractivity contribution < 1.29 is 23.8 Å². The van der Waals surface area contributed by atoms with Crippen molar-refractivity contribution in [1.29, 1.82) is 0 Å². The van der Waals surface area contributed by atoms with Crippen LogP contribution in [0.5, 0.6) is 5.75 Å². The Kier molecular flexibility index (Phi) is 4.39. The minimum atomic E-state index is -1.27. The lowest BCUT2D eigenvalue weighted by atomic mass is 10.0. The van der Waals surface area contributed by atoms with Crippen LogP contribution in [-0.4, -0.2) is 24.1 Å². The van der Waals surface area contributed by atoms with Crippen molar-refractivity contribution in [2.45, 2.75) is 32.7 Å². The molecule has 1 saturated carbocycles. The monoisotopic (exact) mass is 309 g/mol. The minimum absolute atomic E-state index is 0.0277. The zero-order valence-corrected chi connectivity index (χ0v) is 12.9. The molecule has 0 aromatic heterocycles. The molecule has 1 aliphatic carbocycles. The number of hydrogen-bond donors (Lipinski definition) is 2. The smallest absolute Gasteiger partial charge is 0.330 e. The highest BCUT2D eigenvalue weighted by molar-refractivity contribution is 5.88. The second kappa shape index (κ2) is 5.94. The molecular weight excluding hydrogens is 289 g/mol. The molecule has 6 heteroatoms. The fourth-order valence-electron chi connectivity index (χ4n) is 2.60. The van der Waals surface area contributed by atoms with Gasteiger partial charge in [0.05, 0.1) is 7.11 Å². The van der Waals surface area contributed by atoms with Gasteiger partial charge >= 0.3 is 5.97 Å². The third-order valence-electron chi connectivity index (χ3n) is 4.52. The largest absolute Gasteiger partial charge is 0.494 e. The topological polar surface area (TPSA) is 75.6 Å². The normalized spacial score (nSPS) is 24.5. The van der Waals surface area contributed by atoms with Gasteiger partial charge in [0.2, 0.25) is 5.91 Å². The van der Waals surface area contributed by atoms with Crippen molar-refractivity contribution in [2.24, 2.45) is 11.3 Å². The van der Waals surface area contributed by atoms with E-state index in [0.717, 1.165) is 18.9 Å². The molecule has 5 nitrogen and oxygen atoms in total. The molecule has 0 saturated heterocycles. The second-order valence-corrected chi connectivity index (χ2v) is 5.94. The summed E-state index contributed by atoms with van der Waals surface area (Å²) in [5, 5.41) is 11.8. The quantitative estimate of drug-likeness (QED) is 0.846. The minimum Gasteiger partial charge on any atom is -0.494 e. The van der Waals surface area contributed by atoms with E-state index >= 15 is 0 Å². The van der Waals surface area contributed by atoms with Crippen LogP contribution in [0.1, 0.15) is 38.3 Å². The first-order valence-electron chi connectivity index (χ1n) is 7.19. The Morgan fingerprint density at radius 2 is 2.23 bits per heavy atom. The number of nitrogens with one attached hydrogen (secondary N) is 1. The zero-order chi connectivity index (χ0) is 16.5. The van der Waals surface area contributed by atoms with E-state index in [1.54, 1.807) is 0 Å². The number of hydrogen-bond acceptors (Lipinski definition) is 3. The number of ether oxygens (including phenoxy) is 1. The number of rotatable bonds is 6. The first-order valence-corrected chi connectivity index (χ1v) is 7.19. The SMILES string of the molecule is CCC1(C)CC1C(=O)NC(C(=O)O)c1ccc(OC)c(F)c1. The van der Waals surface area contributed by atoms with Crippen LogP contribution >= 0.6 is 0 Å². The molecule has 0 radical (unpaired) electrons. The Labute approximate surface area is 128 Å². The fourth-order valence-corrected chi connectivity index (χ4v) is 2.60. The predicted molar refractivity (Wildman–Crippen MR) is 78.0 cm³/mol. The summed E-state index contributed by atoms with van der Waals surface area (Å²) in [6, 6.07) is 2.59. The lowest BCUT2D eigenvalue weighted by molar-refractivity contribution is -0.142. The van der Waals surface area contributed by atoms with Crippen LogP contribution in [0.3, 0.4) is 0 Å². The van der Waals surface area contributed by atoms with Crippen LogP contribution in [0, 0.1) is 17.2 Å². The van der Waals surface area contributed by atoms with Gasteiger partial charge in [-0.05, 0) is 36.0 Å². The van der Waals surface area contributed by atoms with Gasteiger partial charge in [0.1, 0.15) is 0 Å². The molecule has 120 valence electrons. The molecule has 1 aromatic rings. The number of amides is 1. The molecule has 1 aromatic carbocycles. The highest BCUT2D eigenvalue weighted by Gasteiger charge is 2.53. The van der Waals surface area contributed by atoms with Gasteiger partial charge in [-0.2, -0.15) is 0 Å². The lowest BCUT2D eigenvalue weighted by Gasteiger charge is -2.17. The van der Waals surface area contributed by atoms with Crippen molar-refractivity contribution in [2.75, 3.05) is 7.11 Å². The van der Waals surface area contributed by atoms with Crippen molar-refractivity contribution in [1.82, 2.24) is 5.32 Å². The Morgan fingerprint density at radius 1 is 1.55 bits per heavy atom.